The Hall–Kier alpha value is -2.28. The molecule has 1 heterocycles. The van der Waals surface area contributed by atoms with E-state index >= 15 is 0 Å². The van der Waals surface area contributed by atoms with Crippen molar-refractivity contribution in [2.45, 2.75) is 6.54 Å². The number of benzene rings is 1. The monoisotopic (exact) mass is 213 g/mol. The molecule has 80 valence electrons. The highest BCUT2D eigenvalue weighted by molar-refractivity contribution is 5.29. The summed E-state index contributed by atoms with van der Waals surface area (Å²) in [7, 11) is 1.64. The van der Waals surface area contributed by atoms with Crippen LogP contribution in [-0.4, -0.2) is 16.7 Å². The average molecular weight is 213 g/mol. The third kappa shape index (κ3) is 2.04. The van der Waals surface area contributed by atoms with E-state index in [-0.39, 0.29) is 0 Å². The first-order valence-corrected chi connectivity index (χ1v) is 4.87. The van der Waals surface area contributed by atoms with Crippen molar-refractivity contribution in [2.24, 2.45) is 0 Å². The van der Waals surface area contributed by atoms with Crippen LogP contribution >= 0.6 is 0 Å². The number of imidazole rings is 1. The van der Waals surface area contributed by atoms with Crippen LogP contribution < -0.4 is 4.74 Å². The molecule has 0 amide bonds. The molecule has 4 heteroatoms. The van der Waals surface area contributed by atoms with Gasteiger partial charge in [0.25, 0.3) is 0 Å². The Morgan fingerprint density at radius 3 is 3.12 bits per heavy atom. The van der Waals surface area contributed by atoms with Crippen molar-refractivity contribution >= 4 is 0 Å². The minimum absolute atomic E-state index is 0.419. The summed E-state index contributed by atoms with van der Waals surface area (Å²) >= 11 is 0. The van der Waals surface area contributed by atoms with Crippen LogP contribution in [-0.2, 0) is 6.54 Å². The minimum atomic E-state index is 0.419. The molecule has 1 aromatic carbocycles. The molecular formula is C12H11N3O. The quantitative estimate of drug-likeness (QED) is 0.781. The Morgan fingerprint density at radius 1 is 1.50 bits per heavy atom. The zero-order chi connectivity index (χ0) is 11.4. The van der Waals surface area contributed by atoms with Gasteiger partial charge >= 0.3 is 0 Å². The van der Waals surface area contributed by atoms with Gasteiger partial charge in [-0.15, -0.1) is 0 Å². The van der Waals surface area contributed by atoms with Crippen molar-refractivity contribution in [1.29, 1.82) is 5.26 Å². The van der Waals surface area contributed by atoms with E-state index in [1.807, 2.05) is 30.3 Å². The van der Waals surface area contributed by atoms with Gasteiger partial charge in [-0.05, 0) is 17.7 Å². The van der Waals surface area contributed by atoms with Gasteiger partial charge in [-0.3, -0.25) is 0 Å². The van der Waals surface area contributed by atoms with E-state index in [1.165, 1.54) is 0 Å². The maximum absolute atomic E-state index is 8.83. The van der Waals surface area contributed by atoms with Crippen molar-refractivity contribution in [3.63, 3.8) is 0 Å². The lowest BCUT2D eigenvalue weighted by atomic mass is 10.2. The zero-order valence-corrected chi connectivity index (χ0v) is 8.92. The first kappa shape index (κ1) is 10.2. The largest absolute Gasteiger partial charge is 0.497 e. The van der Waals surface area contributed by atoms with Crippen molar-refractivity contribution in [3.8, 4) is 11.8 Å². The summed E-state index contributed by atoms with van der Waals surface area (Å²) in [5.74, 6) is 1.24. The predicted molar refractivity (Wildman–Crippen MR) is 59.0 cm³/mol. The molecule has 0 radical (unpaired) electrons. The van der Waals surface area contributed by atoms with Crippen LogP contribution in [0.2, 0.25) is 0 Å². The number of rotatable bonds is 3. The highest BCUT2D eigenvalue weighted by Gasteiger charge is 2.02. The summed E-state index contributed by atoms with van der Waals surface area (Å²) in [6.07, 6.45) is 3.41. The van der Waals surface area contributed by atoms with E-state index in [4.69, 9.17) is 10.00 Å². The number of ether oxygens (including phenoxy) is 1. The smallest absolute Gasteiger partial charge is 0.213 e. The van der Waals surface area contributed by atoms with Crippen LogP contribution in [0, 0.1) is 11.3 Å². The molecule has 0 aliphatic carbocycles. The number of methoxy groups -OCH3 is 1. The lowest BCUT2D eigenvalue weighted by molar-refractivity contribution is 0.414. The fourth-order valence-corrected chi connectivity index (χ4v) is 1.52. The lowest BCUT2D eigenvalue weighted by Crippen LogP contribution is -2.01. The molecule has 0 aliphatic rings. The van der Waals surface area contributed by atoms with Crippen molar-refractivity contribution < 1.29 is 4.74 Å². The van der Waals surface area contributed by atoms with Gasteiger partial charge in [0.15, 0.2) is 0 Å². The molecule has 16 heavy (non-hydrogen) atoms. The summed E-state index contributed by atoms with van der Waals surface area (Å²) in [5.41, 5.74) is 1.08. The molecule has 0 spiro atoms. The fourth-order valence-electron chi connectivity index (χ4n) is 1.52. The SMILES string of the molecule is COc1cccc(Cn2ccnc2C#N)c1. The Bertz CT molecular complexity index is 525. The molecule has 2 rings (SSSR count). The van der Waals surface area contributed by atoms with E-state index in [0.717, 1.165) is 11.3 Å². The number of hydrogen-bond acceptors (Lipinski definition) is 3. The summed E-state index contributed by atoms with van der Waals surface area (Å²) in [5, 5.41) is 8.83. The van der Waals surface area contributed by atoms with Gasteiger partial charge in [0.1, 0.15) is 11.8 Å². The molecule has 1 aromatic heterocycles. The molecule has 0 atom stereocenters. The number of nitriles is 1. The lowest BCUT2D eigenvalue weighted by Gasteiger charge is -2.05. The van der Waals surface area contributed by atoms with E-state index in [0.29, 0.717) is 12.4 Å². The molecule has 0 aliphatic heterocycles. The second-order valence-corrected chi connectivity index (χ2v) is 3.34. The Labute approximate surface area is 93.7 Å². The highest BCUT2D eigenvalue weighted by Crippen LogP contribution is 2.14. The summed E-state index contributed by atoms with van der Waals surface area (Å²) in [6.45, 7) is 0.625. The Balaban J connectivity index is 2.24. The maximum atomic E-state index is 8.83. The van der Waals surface area contributed by atoms with Gasteiger partial charge < -0.3 is 9.30 Å². The topological polar surface area (TPSA) is 50.8 Å². The number of aromatic nitrogens is 2. The maximum Gasteiger partial charge on any atom is 0.213 e. The predicted octanol–water partition coefficient (Wildman–Crippen LogP) is 1.81. The van der Waals surface area contributed by atoms with Crippen LogP contribution in [0.3, 0.4) is 0 Å². The molecule has 0 fully saturated rings. The van der Waals surface area contributed by atoms with Crippen molar-refractivity contribution in [2.75, 3.05) is 7.11 Å². The first-order chi connectivity index (χ1) is 7.83. The van der Waals surface area contributed by atoms with Crippen molar-refractivity contribution in [3.05, 3.63) is 48.0 Å². The van der Waals surface area contributed by atoms with Gasteiger partial charge in [0.05, 0.1) is 7.11 Å². The normalized spacial score (nSPS) is 9.75. The van der Waals surface area contributed by atoms with E-state index in [1.54, 1.807) is 24.1 Å². The third-order valence-corrected chi connectivity index (χ3v) is 2.30. The second kappa shape index (κ2) is 4.49. The summed E-state index contributed by atoms with van der Waals surface area (Å²) in [4.78, 5) is 3.94. The van der Waals surface area contributed by atoms with Crippen LogP contribution in [0.1, 0.15) is 11.4 Å². The van der Waals surface area contributed by atoms with Gasteiger partial charge in [0.2, 0.25) is 5.82 Å². The molecule has 0 saturated carbocycles. The standard InChI is InChI=1S/C12H11N3O/c1-16-11-4-2-3-10(7-11)9-15-6-5-14-12(15)8-13/h2-7H,9H2,1H3. The van der Waals surface area contributed by atoms with Gasteiger partial charge in [-0.1, -0.05) is 12.1 Å². The van der Waals surface area contributed by atoms with Crippen LogP contribution in [0.25, 0.3) is 0 Å². The molecule has 0 N–H and O–H groups in total. The first-order valence-electron chi connectivity index (χ1n) is 4.87. The summed E-state index contributed by atoms with van der Waals surface area (Å²) < 4.78 is 6.94. The minimum Gasteiger partial charge on any atom is -0.497 e. The second-order valence-electron chi connectivity index (χ2n) is 3.34. The highest BCUT2D eigenvalue weighted by atomic mass is 16.5. The van der Waals surface area contributed by atoms with Gasteiger partial charge in [0, 0.05) is 18.9 Å². The molecule has 0 saturated heterocycles. The van der Waals surface area contributed by atoms with E-state index in [2.05, 4.69) is 4.98 Å². The average Bonchev–Trinajstić information content (AvgIpc) is 2.76. The molecule has 0 unspecified atom stereocenters. The molecule has 2 aromatic rings. The molecular weight excluding hydrogens is 202 g/mol. The van der Waals surface area contributed by atoms with Crippen LogP contribution in [0.15, 0.2) is 36.7 Å². The third-order valence-electron chi connectivity index (χ3n) is 2.30. The molecule has 4 nitrogen and oxygen atoms in total. The Kier molecular flexibility index (Phi) is 2.88. The van der Waals surface area contributed by atoms with Gasteiger partial charge in [-0.2, -0.15) is 5.26 Å². The zero-order valence-electron chi connectivity index (χ0n) is 8.92. The summed E-state index contributed by atoms with van der Waals surface area (Å²) in [6, 6.07) is 9.80. The number of nitrogens with zero attached hydrogens (tertiary/aromatic N) is 3. The molecule has 0 bridgehead atoms. The number of hydrogen-bond donors (Lipinski definition) is 0. The van der Waals surface area contributed by atoms with Crippen LogP contribution in [0.5, 0.6) is 5.75 Å². The van der Waals surface area contributed by atoms with Crippen LogP contribution in [0.4, 0.5) is 0 Å². The fraction of sp³-hybridized carbons (Fsp3) is 0.167. The Morgan fingerprint density at radius 2 is 2.38 bits per heavy atom. The van der Waals surface area contributed by atoms with E-state index in [9.17, 15) is 0 Å². The van der Waals surface area contributed by atoms with Gasteiger partial charge in [-0.25, -0.2) is 4.98 Å². The van der Waals surface area contributed by atoms with E-state index < -0.39 is 0 Å². The van der Waals surface area contributed by atoms with Crippen molar-refractivity contribution in [1.82, 2.24) is 9.55 Å².